The number of carbonyl (C=O) groups excluding carboxylic acids is 2. The van der Waals surface area contributed by atoms with Gasteiger partial charge in [0.25, 0.3) is 0 Å². The summed E-state index contributed by atoms with van der Waals surface area (Å²) in [6, 6.07) is 0. The van der Waals surface area contributed by atoms with Crippen molar-refractivity contribution in [2.75, 3.05) is 12.3 Å². The molecule has 0 spiro atoms. The van der Waals surface area contributed by atoms with Crippen LogP contribution in [0.15, 0.2) is 10.5 Å². The number of esters is 1. The zero-order valence-electron chi connectivity index (χ0n) is 11.3. The summed E-state index contributed by atoms with van der Waals surface area (Å²) in [5.41, 5.74) is 5.40. The topological polar surface area (TPSA) is 113 Å². The predicted octanol–water partition coefficient (Wildman–Crippen LogP) is 1.55. The van der Waals surface area contributed by atoms with Gasteiger partial charge in [-0.15, -0.1) is 11.3 Å². The second-order valence-corrected chi connectivity index (χ2v) is 4.63. The van der Waals surface area contributed by atoms with E-state index in [4.69, 9.17) is 15.2 Å². The van der Waals surface area contributed by atoms with Crippen LogP contribution < -0.4 is 5.73 Å². The van der Waals surface area contributed by atoms with Gasteiger partial charge >= 0.3 is 12.1 Å². The summed E-state index contributed by atoms with van der Waals surface area (Å²) in [6.07, 6.45) is -1.39. The van der Waals surface area contributed by atoms with E-state index in [9.17, 15) is 9.59 Å². The van der Waals surface area contributed by atoms with E-state index in [1.54, 1.807) is 20.8 Å². The largest absolute Gasteiger partial charge is 0.535 e. The van der Waals surface area contributed by atoms with Crippen LogP contribution in [0.4, 0.5) is 9.93 Å². The molecule has 0 aliphatic heterocycles. The van der Waals surface area contributed by atoms with Crippen LogP contribution in [0.1, 0.15) is 26.5 Å². The minimum Gasteiger partial charge on any atom is -0.461 e. The Morgan fingerprint density at radius 3 is 2.70 bits per heavy atom. The van der Waals surface area contributed by atoms with Gasteiger partial charge in [-0.3, -0.25) is 4.84 Å². The van der Waals surface area contributed by atoms with Gasteiger partial charge in [0.15, 0.2) is 5.13 Å². The molecule has 1 rings (SSSR count). The monoisotopic (exact) mass is 301 g/mol. The molecule has 0 fully saturated rings. The second kappa shape index (κ2) is 7.43. The Morgan fingerprint density at radius 2 is 2.20 bits per heavy atom. The molecule has 0 aliphatic rings. The average Bonchev–Trinajstić information content (AvgIpc) is 2.75. The van der Waals surface area contributed by atoms with E-state index in [1.165, 1.54) is 5.38 Å². The molecule has 2 N–H and O–H groups in total. The number of hydrogen-bond acceptors (Lipinski definition) is 9. The SMILES string of the molecule is CCOC(=O)C(=NOC(=O)OC(C)C)c1csc(N)n1. The Morgan fingerprint density at radius 1 is 1.50 bits per heavy atom. The quantitative estimate of drug-likeness (QED) is 0.380. The number of rotatable bonds is 5. The lowest BCUT2D eigenvalue weighted by atomic mass is 10.3. The lowest BCUT2D eigenvalue weighted by Crippen LogP contribution is -2.21. The van der Waals surface area contributed by atoms with Crippen molar-refractivity contribution in [2.45, 2.75) is 26.9 Å². The molecule has 0 atom stereocenters. The van der Waals surface area contributed by atoms with E-state index in [1.807, 2.05) is 0 Å². The van der Waals surface area contributed by atoms with E-state index in [0.29, 0.717) is 0 Å². The molecule has 1 aromatic rings. The number of anilines is 1. The lowest BCUT2D eigenvalue weighted by Gasteiger charge is -2.06. The van der Waals surface area contributed by atoms with Gasteiger partial charge in [-0.05, 0) is 20.8 Å². The van der Waals surface area contributed by atoms with Crippen LogP contribution in [0.3, 0.4) is 0 Å². The third-order valence-electron chi connectivity index (χ3n) is 1.78. The summed E-state index contributed by atoms with van der Waals surface area (Å²) in [6.45, 7) is 5.09. The van der Waals surface area contributed by atoms with Gasteiger partial charge in [0.2, 0.25) is 5.71 Å². The summed E-state index contributed by atoms with van der Waals surface area (Å²) < 4.78 is 9.52. The van der Waals surface area contributed by atoms with Crippen molar-refractivity contribution < 1.29 is 23.9 Å². The number of hydrogen-bond donors (Lipinski definition) is 1. The van der Waals surface area contributed by atoms with E-state index in [-0.39, 0.29) is 29.2 Å². The van der Waals surface area contributed by atoms with Gasteiger partial charge in [-0.25, -0.2) is 14.6 Å². The molecule has 20 heavy (non-hydrogen) atoms. The van der Waals surface area contributed by atoms with Crippen molar-refractivity contribution in [1.82, 2.24) is 4.98 Å². The average molecular weight is 301 g/mol. The fraction of sp³-hybridized carbons (Fsp3) is 0.455. The second-order valence-electron chi connectivity index (χ2n) is 3.74. The molecule has 110 valence electrons. The molecule has 0 unspecified atom stereocenters. The number of thiazole rings is 1. The van der Waals surface area contributed by atoms with Crippen molar-refractivity contribution >= 4 is 34.3 Å². The third kappa shape index (κ3) is 4.84. The van der Waals surface area contributed by atoms with E-state index in [0.717, 1.165) is 11.3 Å². The fourth-order valence-electron chi connectivity index (χ4n) is 1.08. The van der Waals surface area contributed by atoms with E-state index >= 15 is 0 Å². The molecule has 8 nitrogen and oxygen atoms in total. The number of carbonyl (C=O) groups is 2. The number of nitrogens with zero attached hydrogens (tertiary/aromatic N) is 2. The Kier molecular flexibility index (Phi) is 5.91. The Balaban J connectivity index is 2.87. The van der Waals surface area contributed by atoms with Crippen LogP contribution in [0.25, 0.3) is 0 Å². The summed E-state index contributed by atoms with van der Waals surface area (Å²) in [7, 11) is 0. The third-order valence-corrected chi connectivity index (χ3v) is 2.45. The molecule has 1 heterocycles. The molecular weight excluding hydrogens is 286 g/mol. The number of aromatic nitrogens is 1. The van der Waals surface area contributed by atoms with E-state index in [2.05, 4.69) is 15.0 Å². The molecule has 0 aliphatic carbocycles. The zero-order valence-corrected chi connectivity index (χ0v) is 12.1. The Hall–Kier alpha value is -2.16. The molecule has 9 heteroatoms. The molecule has 0 amide bonds. The standard InChI is InChI=1S/C11H15N3O5S/c1-4-17-9(15)8(7-5-20-10(12)13-7)14-19-11(16)18-6(2)3/h5-6H,4H2,1-3H3,(H2,12,13). The maximum atomic E-state index is 11.7. The van der Waals surface area contributed by atoms with Gasteiger partial charge in [0.05, 0.1) is 12.7 Å². The maximum Gasteiger partial charge on any atom is 0.535 e. The van der Waals surface area contributed by atoms with Crippen molar-refractivity contribution in [3.63, 3.8) is 0 Å². The first-order chi connectivity index (χ1) is 9.43. The summed E-state index contributed by atoms with van der Waals surface area (Å²) in [4.78, 5) is 31.3. The molecule has 0 aromatic carbocycles. The van der Waals surface area contributed by atoms with Crippen LogP contribution >= 0.6 is 11.3 Å². The highest BCUT2D eigenvalue weighted by atomic mass is 32.1. The molecule has 0 saturated carbocycles. The van der Waals surface area contributed by atoms with Crippen LogP contribution in [0, 0.1) is 0 Å². The smallest absolute Gasteiger partial charge is 0.461 e. The van der Waals surface area contributed by atoms with Crippen LogP contribution in [0.5, 0.6) is 0 Å². The minimum absolute atomic E-state index is 0.147. The first kappa shape index (κ1) is 15.9. The summed E-state index contributed by atoms with van der Waals surface area (Å²) >= 11 is 1.12. The zero-order chi connectivity index (χ0) is 15.1. The molecule has 1 aromatic heterocycles. The molecule has 0 saturated heterocycles. The van der Waals surface area contributed by atoms with Crippen molar-refractivity contribution in [1.29, 1.82) is 0 Å². The number of oxime groups is 1. The minimum atomic E-state index is -1.02. The van der Waals surface area contributed by atoms with Gasteiger partial charge in [0.1, 0.15) is 5.69 Å². The van der Waals surface area contributed by atoms with Gasteiger partial charge in [0, 0.05) is 5.38 Å². The fourth-order valence-corrected chi connectivity index (χ4v) is 1.63. The maximum absolute atomic E-state index is 11.7. The van der Waals surface area contributed by atoms with Gasteiger partial charge in [-0.1, -0.05) is 5.16 Å². The molecular formula is C11H15N3O5S. The normalized spacial score (nSPS) is 11.3. The highest BCUT2D eigenvalue weighted by Gasteiger charge is 2.20. The van der Waals surface area contributed by atoms with E-state index < -0.39 is 12.1 Å². The Bertz CT molecular complexity index is 512. The first-order valence-corrected chi connectivity index (χ1v) is 6.66. The number of ether oxygens (including phenoxy) is 2. The van der Waals surface area contributed by atoms with Crippen molar-refractivity contribution in [3.8, 4) is 0 Å². The van der Waals surface area contributed by atoms with Gasteiger partial charge < -0.3 is 15.2 Å². The number of nitrogen functional groups attached to an aromatic ring is 1. The summed E-state index contributed by atoms with van der Waals surface area (Å²) in [5, 5.41) is 5.19. The van der Waals surface area contributed by atoms with Crippen molar-refractivity contribution in [3.05, 3.63) is 11.1 Å². The molecule has 0 radical (unpaired) electrons. The van der Waals surface area contributed by atoms with Gasteiger partial charge in [-0.2, -0.15) is 0 Å². The van der Waals surface area contributed by atoms with Crippen LogP contribution in [-0.2, 0) is 19.1 Å². The van der Waals surface area contributed by atoms with Crippen LogP contribution in [0.2, 0.25) is 0 Å². The number of nitrogens with two attached hydrogens (primary N) is 1. The van der Waals surface area contributed by atoms with Crippen LogP contribution in [-0.4, -0.2) is 35.5 Å². The predicted molar refractivity (Wildman–Crippen MR) is 72.4 cm³/mol. The van der Waals surface area contributed by atoms with Crippen molar-refractivity contribution in [2.24, 2.45) is 5.16 Å². The first-order valence-electron chi connectivity index (χ1n) is 5.78. The highest BCUT2D eigenvalue weighted by molar-refractivity contribution is 7.13. The lowest BCUT2D eigenvalue weighted by molar-refractivity contribution is -0.135. The molecule has 0 bridgehead atoms. The summed E-state index contributed by atoms with van der Waals surface area (Å²) in [5.74, 6) is -0.768. The Labute approximate surface area is 119 Å². The highest BCUT2D eigenvalue weighted by Crippen LogP contribution is 2.13.